The molecular weight excluding hydrogens is 538 g/mol. The van der Waals surface area contributed by atoms with Gasteiger partial charge < -0.3 is 15.0 Å². The van der Waals surface area contributed by atoms with Crippen molar-refractivity contribution in [1.29, 1.82) is 0 Å². The first-order valence-corrected chi connectivity index (χ1v) is 14.8. The van der Waals surface area contributed by atoms with Crippen molar-refractivity contribution >= 4 is 50.3 Å². The molecule has 2 N–H and O–H groups in total. The maximum absolute atomic E-state index is 13.3. The molecule has 3 aliphatic rings. The summed E-state index contributed by atoms with van der Waals surface area (Å²) in [6, 6.07) is 13.9. The van der Waals surface area contributed by atoms with Gasteiger partial charge in [0.1, 0.15) is 5.92 Å². The van der Waals surface area contributed by atoms with Crippen LogP contribution < -0.4 is 14.9 Å². The molecule has 2 aliphatic heterocycles. The summed E-state index contributed by atoms with van der Waals surface area (Å²) in [6.45, 7) is 3.21. The fraction of sp³-hybridized carbons (Fsp3) is 0.321. The van der Waals surface area contributed by atoms with E-state index in [0.717, 1.165) is 31.6 Å². The Labute approximate surface area is 232 Å². The summed E-state index contributed by atoms with van der Waals surface area (Å²) in [6.07, 6.45) is 5.37. The Morgan fingerprint density at radius 2 is 1.97 bits per heavy atom. The lowest BCUT2D eigenvalue weighted by Gasteiger charge is -2.29. The van der Waals surface area contributed by atoms with E-state index in [9.17, 15) is 13.2 Å². The molecule has 1 amide bonds. The van der Waals surface area contributed by atoms with Gasteiger partial charge in [0.05, 0.1) is 40.2 Å². The second kappa shape index (κ2) is 10.7. The first kappa shape index (κ1) is 25.9. The molecule has 202 valence electrons. The number of morpholine rings is 1. The minimum absolute atomic E-state index is 0.117. The topological polar surface area (TPSA) is 113 Å². The predicted molar refractivity (Wildman–Crippen MR) is 151 cm³/mol. The van der Waals surface area contributed by atoms with Crippen LogP contribution in [0.15, 0.2) is 70.8 Å². The Balaban J connectivity index is 1.39. The number of ether oxygens (including phenoxy) is 1. The Morgan fingerprint density at radius 3 is 2.69 bits per heavy atom. The van der Waals surface area contributed by atoms with E-state index >= 15 is 0 Å². The van der Waals surface area contributed by atoms with Crippen LogP contribution in [0, 0.1) is 5.92 Å². The number of rotatable bonds is 8. The zero-order chi connectivity index (χ0) is 27.0. The quantitative estimate of drug-likeness (QED) is 0.397. The molecule has 2 fully saturated rings. The molecule has 1 aromatic heterocycles. The number of carbonyl (C=O) groups is 1. The second-order valence-electron chi connectivity index (χ2n) is 9.94. The highest BCUT2D eigenvalue weighted by atomic mass is 35.5. The van der Waals surface area contributed by atoms with Gasteiger partial charge in [-0.05, 0) is 66.8 Å². The highest BCUT2D eigenvalue weighted by Gasteiger charge is 2.37. The Kier molecular flexibility index (Phi) is 7.11. The van der Waals surface area contributed by atoms with Crippen LogP contribution in [0.4, 0.5) is 17.1 Å². The highest BCUT2D eigenvalue weighted by molar-refractivity contribution is 7.89. The number of amides is 1. The van der Waals surface area contributed by atoms with Crippen LogP contribution in [0.25, 0.3) is 0 Å². The van der Waals surface area contributed by atoms with Gasteiger partial charge in [-0.25, -0.2) is 13.1 Å². The number of pyridine rings is 1. The van der Waals surface area contributed by atoms with Gasteiger partial charge in [-0.1, -0.05) is 17.7 Å². The van der Waals surface area contributed by atoms with Crippen molar-refractivity contribution in [2.75, 3.05) is 43.1 Å². The molecule has 11 heteroatoms. The first-order valence-electron chi connectivity index (χ1n) is 12.9. The number of fused-ring (bicyclic) bond motifs is 1. The van der Waals surface area contributed by atoms with Gasteiger partial charge in [-0.3, -0.25) is 14.8 Å². The number of benzene rings is 2. The third-order valence-corrected chi connectivity index (χ3v) is 8.91. The number of halogens is 1. The molecular formula is C28H28ClN5O4S. The van der Waals surface area contributed by atoms with Crippen molar-refractivity contribution in [2.45, 2.75) is 23.7 Å². The number of hydrogen-bond donors (Lipinski definition) is 2. The fourth-order valence-corrected chi connectivity index (χ4v) is 6.33. The SMILES string of the molecule is O=C1Nc2ccc(S(=O)(=O)NCC3CC3)cc2C1C(=Nc1ccc(N2CCOCC2)c(Cl)c1)c1cccnc1. The lowest BCUT2D eigenvalue weighted by Crippen LogP contribution is -2.36. The standard InChI is InChI=1S/C28H28ClN5O4S/c29-23-14-20(5-8-25(23)34-10-12-38-13-11-34)32-27(19-2-1-9-30-17-19)26-22-15-21(6-7-24(22)33-28(26)35)39(36,37)31-16-18-3-4-18/h1-2,5-9,14-15,17-18,26,31H,3-4,10-13,16H2,(H,33,35). The van der Waals surface area contributed by atoms with E-state index in [1.807, 2.05) is 18.2 Å². The Hall–Kier alpha value is -3.31. The summed E-state index contributed by atoms with van der Waals surface area (Å²) in [5, 5.41) is 3.44. The molecule has 1 atom stereocenters. The van der Waals surface area contributed by atoms with Crippen molar-refractivity contribution in [2.24, 2.45) is 10.9 Å². The lowest BCUT2D eigenvalue weighted by atomic mass is 9.91. The van der Waals surface area contributed by atoms with Crippen LogP contribution in [0.2, 0.25) is 5.02 Å². The first-order chi connectivity index (χ1) is 18.9. The summed E-state index contributed by atoms with van der Waals surface area (Å²) in [4.78, 5) is 24.7. The molecule has 6 rings (SSSR count). The summed E-state index contributed by atoms with van der Waals surface area (Å²) >= 11 is 6.67. The molecule has 9 nitrogen and oxygen atoms in total. The number of aromatic nitrogens is 1. The minimum atomic E-state index is -3.72. The summed E-state index contributed by atoms with van der Waals surface area (Å²) in [5.74, 6) is -0.722. The lowest BCUT2D eigenvalue weighted by molar-refractivity contribution is -0.115. The van der Waals surface area contributed by atoms with Crippen LogP contribution in [0.5, 0.6) is 0 Å². The number of nitrogens with one attached hydrogen (secondary N) is 2. The molecule has 1 unspecified atom stereocenters. The number of aliphatic imine (C=N–C) groups is 1. The van der Waals surface area contributed by atoms with E-state index in [1.54, 1.807) is 36.7 Å². The molecule has 2 aromatic carbocycles. The van der Waals surface area contributed by atoms with E-state index in [1.165, 1.54) is 6.07 Å². The van der Waals surface area contributed by atoms with Crippen molar-refractivity contribution < 1.29 is 17.9 Å². The number of sulfonamides is 1. The maximum Gasteiger partial charge on any atom is 0.240 e. The van der Waals surface area contributed by atoms with E-state index in [4.69, 9.17) is 21.3 Å². The van der Waals surface area contributed by atoms with Gasteiger partial charge in [-0.2, -0.15) is 0 Å². The van der Waals surface area contributed by atoms with Gasteiger partial charge in [-0.15, -0.1) is 0 Å². The molecule has 1 saturated carbocycles. The van der Waals surface area contributed by atoms with Crippen molar-refractivity contribution in [1.82, 2.24) is 9.71 Å². The smallest absolute Gasteiger partial charge is 0.240 e. The summed E-state index contributed by atoms with van der Waals surface area (Å²) in [7, 11) is -3.72. The Morgan fingerprint density at radius 1 is 1.15 bits per heavy atom. The van der Waals surface area contributed by atoms with Gasteiger partial charge in [0.25, 0.3) is 0 Å². The second-order valence-corrected chi connectivity index (χ2v) is 12.1. The van der Waals surface area contributed by atoms with Crippen LogP contribution in [0.1, 0.15) is 29.9 Å². The molecule has 0 bridgehead atoms. The molecule has 1 saturated heterocycles. The van der Waals surface area contributed by atoms with Crippen LogP contribution in [-0.2, 0) is 19.6 Å². The third-order valence-electron chi connectivity index (χ3n) is 7.19. The molecule has 1 aliphatic carbocycles. The largest absolute Gasteiger partial charge is 0.378 e. The third kappa shape index (κ3) is 5.56. The average Bonchev–Trinajstić information content (AvgIpc) is 3.72. The summed E-state index contributed by atoms with van der Waals surface area (Å²) < 4.78 is 34.1. The molecule has 0 spiro atoms. The monoisotopic (exact) mass is 565 g/mol. The van der Waals surface area contributed by atoms with E-state index in [2.05, 4.69) is 19.9 Å². The Bertz CT molecular complexity index is 1540. The highest BCUT2D eigenvalue weighted by Crippen LogP contribution is 2.39. The number of hydrogen-bond acceptors (Lipinski definition) is 7. The molecule has 0 radical (unpaired) electrons. The normalized spacial score (nSPS) is 19.6. The van der Waals surface area contributed by atoms with Crippen molar-refractivity contribution in [3.05, 3.63) is 77.1 Å². The average molecular weight is 566 g/mol. The van der Waals surface area contributed by atoms with E-state index in [0.29, 0.717) is 58.9 Å². The van der Waals surface area contributed by atoms with E-state index < -0.39 is 15.9 Å². The fourth-order valence-electron chi connectivity index (χ4n) is 4.89. The number of nitrogens with zero attached hydrogens (tertiary/aromatic N) is 3. The zero-order valence-electron chi connectivity index (χ0n) is 21.1. The van der Waals surface area contributed by atoms with Crippen LogP contribution in [0.3, 0.4) is 0 Å². The van der Waals surface area contributed by atoms with Gasteiger partial charge in [0.15, 0.2) is 0 Å². The number of anilines is 2. The maximum atomic E-state index is 13.3. The van der Waals surface area contributed by atoms with E-state index in [-0.39, 0.29) is 10.8 Å². The van der Waals surface area contributed by atoms with Crippen LogP contribution in [-0.4, -0.2) is 57.9 Å². The predicted octanol–water partition coefficient (Wildman–Crippen LogP) is 4.12. The number of carbonyl (C=O) groups excluding carboxylic acids is 1. The van der Waals surface area contributed by atoms with Crippen molar-refractivity contribution in [3.8, 4) is 0 Å². The molecule has 3 heterocycles. The van der Waals surface area contributed by atoms with Crippen molar-refractivity contribution in [3.63, 3.8) is 0 Å². The van der Waals surface area contributed by atoms with Gasteiger partial charge in [0, 0.05) is 43.3 Å². The minimum Gasteiger partial charge on any atom is -0.378 e. The molecule has 39 heavy (non-hydrogen) atoms. The van der Waals surface area contributed by atoms with Crippen LogP contribution >= 0.6 is 11.6 Å². The van der Waals surface area contributed by atoms with Gasteiger partial charge in [0.2, 0.25) is 15.9 Å². The van der Waals surface area contributed by atoms with Gasteiger partial charge >= 0.3 is 0 Å². The zero-order valence-corrected chi connectivity index (χ0v) is 22.7. The molecule has 3 aromatic rings. The summed E-state index contributed by atoms with van der Waals surface area (Å²) in [5.41, 5.74) is 3.69.